The molecule has 0 unspecified atom stereocenters. The van der Waals surface area contributed by atoms with Crippen molar-refractivity contribution in [3.05, 3.63) is 236 Å². The van der Waals surface area contributed by atoms with Crippen LogP contribution in [0, 0.1) is 17.5 Å². The maximum absolute atomic E-state index is 14.9. The average molecular weight is 2030 g/mol. The lowest BCUT2D eigenvalue weighted by Crippen LogP contribution is -2.46. The Morgan fingerprint density at radius 3 is 1.24 bits per heavy atom. The van der Waals surface area contributed by atoms with E-state index in [0.717, 1.165) is 49.7 Å². The summed E-state index contributed by atoms with van der Waals surface area (Å²) in [6.07, 6.45) is 1.20. The molecule has 0 bridgehead atoms. The predicted molar refractivity (Wildman–Crippen MR) is 525 cm³/mol. The first-order valence-corrected chi connectivity index (χ1v) is 45.5. The van der Waals surface area contributed by atoms with Gasteiger partial charge in [0.2, 0.25) is 59.1 Å². The summed E-state index contributed by atoms with van der Waals surface area (Å²) in [5.74, 6) is -6.96. The molecule has 10 aliphatic rings. The zero-order valence-corrected chi connectivity index (χ0v) is 77.5. The van der Waals surface area contributed by atoms with Gasteiger partial charge in [-0.3, -0.25) is 98.3 Å². The minimum Gasteiger partial charge on any atom is -0.497 e. The van der Waals surface area contributed by atoms with Gasteiger partial charge >= 0.3 is 0 Å². The number of amides is 14. The fraction of sp³-hybridized carbons (Fsp3) is 0.317. The molecule has 9 aromatic heterocycles. The molecular weight excluding hydrogens is 1930 g/mol. The number of fused-ring (bicyclic) bond motifs is 8. The van der Waals surface area contributed by atoms with Crippen LogP contribution in [0.2, 0.25) is 0 Å². The standard InChI is InChI=1S/C27H29N5O5.C26H20FN5O5.C25H21FN4O7.C22H17FN4O6.4CH4/c1-3-30-8-10-31(11-9-30)23-7-6-21-20(28-23)13-22(37-21)27(14-24(33)29-26(27)35)16-32-15-17-4-5-18(36-2)12-19(17)25(32)34;1-36-18-5-2-14-11-32(24(34)22(14)23(18)27)12-26(9-21(33)31-25(26)35)19-8-16-17(37-19)6-4-15(30-16)13-3-7-20(28)29-10-13;1-36-16-3-2-12-9-29(23(34)21(12)22(16)26)11-25(8-19(32)28-24(25)35)17-7-14-15(37-17)4-5-18(27-14)30-10-13(31)6-20(30)33;1-32-13-3-2-10-8-27(20(30)17(10)18(13)23)9-22(6-16(28)26-21(22)31)15-5-12-14(33-15)4-11(7-25-12)19(24)29;;;;/h4-7,12-13H,3,8-11,14-16H2,1-2H3,(H,29,33,35);2-8,10H,9,11-12H2,1H3,(H2,28,29)(H,31,33,35);2-5,7,13,31H,6,8-11H2,1H3,(H,28,32,35);2-5,7H,6,8-9H2,1H3,(H2,24,29)(H,26,28,31);4*1H4/t27-;26-;13-,25+;22-;;;;/m1101..../s1. The van der Waals surface area contributed by atoms with Crippen LogP contribution in [0.15, 0.2) is 164 Å². The van der Waals surface area contributed by atoms with E-state index in [1.165, 1.54) is 83.5 Å². The van der Waals surface area contributed by atoms with Crippen molar-refractivity contribution in [2.45, 2.75) is 123 Å². The van der Waals surface area contributed by atoms with Gasteiger partial charge in [0.1, 0.15) is 90.0 Å². The molecule has 13 aromatic rings. The van der Waals surface area contributed by atoms with Crippen LogP contribution < -0.4 is 61.5 Å². The number of methoxy groups -OCH3 is 4. The molecule has 10 aliphatic heterocycles. The molecule has 0 saturated carbocycles. The van der Waals surface area contributed by atoms with Crippen molar-refractivity contribution < 1.29 is 122 Å². The number of β-amino-alcohol motifs (C(OH)–C–C–N with tert-alkyl or cyclic N) is 1. The minimum absolute atomic E-state index is 0. The second-order valence-corrected chi connectivity index (χ2v) is 36.4. The third kappa shape index (κ3) is 18.1. The Kier molecular flexibility index (Phi) is 28.0. The highest BCUT2D eigenvalue weighted by molar-refractivity contribution is 6.14. The SMILES string of the molecule is C.C.C.C.CCN1CCN(c2ccc3oc([C@]4(CN5Cc6ccc(OC)cc6C5=O)CC(=O)NC4=O)cc3n2)CC1.COc1ccc2c(c1F)C(=O)N(C[C@@]1(c3cc4nc(-c5ccc(N)nc5)ccc4o3)CC(=O)NC1=O)C2.COc1ccc2c(c1F)C(=O)N(C[C@@]1(c3cc4nc(N5C[C@@H](O)CC5=O)ccc4o3)CC(=O)NC1=O)C2.COc1ccc2c(c1F)C(=O)N(C[C@@]1(c3cc4ncc(C(N)=O)cc4o3)CC(=O)NC1=O)C2. The number of carbonyl (C=O) groups excluding carboxylic acids is 14. The van der Waals surface area contributed by atoms with Crippen LogP contribution in [0.25, 0.3) is 55.7 Å². The zero-order valence-electron chi connectivity index (χ0n) is 77.5. The number of nitrogens with one attached hydrogen (secondary N) is 4. The molecule has 0 radical (unpaired) electrons. The van der Waals surface area contributed by atoms with Crippen molar-refractivity contribution in [1.29, 1.82) is 0 Å². The molecule has 23 rings (SSSR count). The van der Waals surface area contributed by atoms with Gasteiger partial charge in [-0.15, -0.1) is 0 Å². The van der Waals surface area contributed by atoms with Crippen LogP contribution in [-0.2, 0) is 91.0 Å². The third-order valence-corrected chi connectivity index (χ3v) is 27.7. The highest BCUT2D eigenvalue weighted by Gasteiger charge is 2.59. The van der Waals surface area contributed by atoms with Crippen molar-refractivity contribution in [3.8, 4) is 34.3 Å². The first kappa shape index (κ1) is 104. The maximum Gasteiger partial charge on any atom is 0.257 e. The number of primary amides is 1. The molecule has 5 atom stereocenters. The van der Waals surface area contributed by atoms with Crippen LogP contribution in [-0.4, -0.2) is 237 Å². The Bertz CT molecular complexity index is 7710. The number of nitrogen functional groups attached to an aromatic ring is 1. The van der Waals surface area contributed by atoms with E-state index in [1.54, 1.807) is 91.0 Å². The van der Waals surface area contributed by atoms with Gasteiger partial charge in [0.15, 0.2) is 57.0 Å². The summed E-state index contributed by atoms with van der Waals surface area (Å²) in [5.41, 5.74) is 12.1. The van der Waals surface area contributed by atoms with Gasteiger partial charge in [-0.05, 0) is 114 Å². The molecule has 14 amide bonds. The summed E-state index contributed by atoms with van der Waals surface area (Å²) in [4.78, 5) is 212. The molecule has 0 aliphatic carbocycles. The number of piperazine rings is 1. The summed E-state index contributed by atoms with van der Waals surface area (Å²) in [5, 5.41) is 19.1. The molecule has 19 heterocycles. The van der Waals surface area contributed by atoms with Gasteiger partial charge in [-0.1, -0.05) is 60.9 Å². The molecule has 6 fully saturated rings. The molecule has 41 nitrogen and oxygen atoms in total. The Balaban J connectivity index is 0.000000140. The van der Waals surface area contributed by atoms with E-state index in [0.29, 0.717) is 96.5 Å². The number of nitrogens with zero attached hydrogens (tertiary/aromatic N) is 12. The van der Waals surface area contributed by atoms with Crippen LogP contribution in [0.3, 0.4) is 0 Å². The number of ether oxygens (including phenoxy) is 4. The number of carbonyl (C=O) groups is 14. The number of aliphatic hydroxyl groups excluding tert-OH is 1. The van der Waals surface area contributed by atoms with Crippen molar-refractivity contribution in [3.63, 3.8) is 0 Å². The topological polar surface area (TPSA) is 536 Å². The number of rotatable bonds is 21. The van der Waals surface area contributed by atoms with Crippen molar-refractivity contribution >= 4 is 145 Å². The van der Waals surface area contributed by atoms with Crippen LogP contribution >= 0.6 is 0 Å². The molecule has 4 aromatic carbocycles. The van der Waals surface area contributed by atoms with Gasteiger partial charge in [-0.25, -0.2) is 33.1 Å². The summed E-state index contributed by atoms with van der Waals surface area (Å²) in [6.45, 7) is 6.92. The zero-order chi connectivity index (χ0) is 101. The number of pyridine rings is 5. The lowest BCUT2D eigenvalue weighted by molar-refractivity contribution is -0.128. The highest BCUT2D eigenvalue weighted by Crippen LogP contribution is 2.47. The second kappa shape index (κ2) is 40.0. The Labute approximate surface area is 841 Å². The van der Waals surface area contributed by atoms with E-state index >= 15 is 0 Å². The molecular formula is C104H103F3N18O23. The minimum atomic E-state index is -1.56. The lowest BCUT2D eigenvalue weighted by Gasteiger charge is -2.34. The van der Waals surface area contributed by atoms with Crippen LogP contribution in [0.5, 0.6) is 23.0 Å². The molecule has 44 heteroatoms. The number of furan rings is 4. The molecule has 148 heavy (non-hydrogen) atoms. The summed E-state index contributed by atoms with van der Waals surface area (Å²) < 4.78 is 88.6. The van der Waals surface area contributed by atoms with Crippen molar-refractivity contribution in [2.24, 2.45) is 5.73 Å². The van der Waals surface area contributed by atoms with Crippen molar-refractivity contribution in [2.75, 3.05) is 109 Å². The van der Waals surface area contributed by atoms with Gasteiger partial charge in [0.25, 0.3) is 23.6 Å². The Hall–Kier alpha value is -17.3. The summed E-state index contributed by atoms with van der Waals surface area (Å²) in [6, 6.07) is 36.0. The first-order chi connectivity index (χ1) is 69.1. The number of nitrogens with two attached hydrogens (primary N) is 2. The monoisotopic (exact) mass is 2030 g/mol. The van der Waals surface area contributed by atoms with Gasteiger partial charge < -0.3 is 82.6 Å². The maximum atomic E-state index is 14.9. The average Bonchev–Trinajstić information content (AvgIpc) is 1.59. The fourth-order valence-electron chi connectivity index (χ4n) is 20.1. The molecule has 0 spiro atoms. The number of hydrogen-bond donors (Lipinski definition) is 7. The van der Waals surface area contributed by atoms with Crippen molar-refractivity contribution in [1.82, 2.24) is 70.7 Å². The van der Waals surface area contributed by atoms with Gasteiger partial charge in [0, 0.05) is 126 Å². The third-order valence-electron chi connectivity index (χ3n) is 27.7. The number of aliphatic hydroxyl groups is 1. The van der Waals surface area contributed by atoms with E-state index < -0.39 is 116 Å². The Morgan fingerprint density at radius 2 is 0.845 bits per heavy atom. The normalized spacial score (nSPS) is 20.5. The summed E-state index contributed by atoms with van der Waals surface area (Å²) in [7, 11) is 5.46. The number of likely N-dealkylation sites (N-methyl/N-ethyl adjacent to an activating group) is 1. The largest absolute Gasteiger partial charge is 0.497 e. The number of aromatic nitrogens is 5. The van der Waals surface area contributed by atoms with E-state index in [1.807, 2.05) is 24.3 Å². The van der Waals surface area contributed by atoms with Gasteiger partial charge in [0.05, 0.1) is 101 Å². The quantitative estimate of drug-likeness (QED) is 0.0330. The lowest BCUT2D eigenvalue weighted by atomic mass is 9.82. The summed E-state index contributed by atoms with van der Waals surface area (Å²) >= 11 is 0. The second-order valence-electron chi connectivity index (χ2n) is 36.4. The van der Waals surface area contributed by atoms with E-state index in [2.05, 4.69) is 57.9 Å². The highest BCUT2D eigenvalue weighted by atomic mass is 19.1. The number of imide groups is 4. The van der Waals surface area contributed by atoms with Crippen LogP contribution in [0.1, 0.15) is 166 Å². The number of halogens is 3. The van der Waals surface area contributed by atoms with E-state index in [9.17, 15) is 85.4 Å². The van der Waals surface area contributed by atoms with Crippen LogP contribution in [0.4, 0.5) is 30.6 Å². The van der Waals surface area contributed by atoms with Gasteiger partial charge in [-0.2, -0.15) is 0 Å². The van der Waals surface area contributed by atoms with E-state index in [-0.39, 0.29) is 188 Å². The predicted octanol–water partition coefficient (Wildman–Crippen LogP) is 9.05. The molecule has 6 saturated heterocycles. The Morgan fingerprint density at radius 1 is 0.446 bits per heavy atom. The van der Waals surface area contributed by atoms with E-state index in [4.69, 9.17) is 53.1 Å². The first-order valence-electron chi connectivity index (χ1n) is 45.5. The number of anilines is 3. The molecule has 768 valence electrons. The molecule has 9 N–H and O–H groups in total. The smallest absolute Gasteiger partial charge is 0.257 e. The number of benzene rings is 4. The fourth-order valence-corrected chi connectivity index (χ4v) is 20.1. The number of hydrogen-bond acceptors (Lipinski definition) is 31.